The van der Waals surface area contributed by atoms with E-state index >= 15 is 0 Å². The van der Waals surface area contributed by atoms with Crippen LogP contribution < -0.4 is 11.1 Å². The van der Waals surface area contributed by atoms with Gasteiger partial charge in [0.05, 0.1) is 18.7 Å². The van der Waals surface area contributed by atoms with E-state index in [1.165, 1.54) is 16.9 Å². The topological polar surface area (TPSA) is 102 Å². The molecule has 3 rings (SSSR count). The van der Waals surface area contributed by atoms with Gasteiger partial charge in [-0.3, -0.25) is 9.59 Å². The van der Waals surface area contributed by atoms with Gasteiger partial charge in [-0.15, -0.1) is 11.3 Å². The van der Waals surface area contributed by atoms with Crippen LogP contribution >= 0.6 is 23.1 Å². The normalized spacial score (nSPS) is 12.9. The molecule has 1 aliphatic heterocycles. The number of ether oxygens (including phenoxy) is 1. The van der Waals surface area contributed by atoms with Gasteiger partial charge < -0.3 is 20.7 Å². The number of fused-ring (bicyclic) bond motifs is 1. The van der Waals surface area contributed by atoms with Crippen LogP contribution in [0.1, 0.15) is 46.1 Å². The highest BCUT2D eigenvalue weighted by molar-refractivity contribution is 7.98. The molecule has 166 valence electrons. The molecule has 1 aliphatic rings. The summed E-state index contributed by atoms with van der Waals surface area (Å²) in [5.74, 6) is 1.10. The summed E-state index contributed by atoms with van der Waals surface area (Å²) in [7, 11) is 0. The second kappa shape index (κ2) is 11.2. The Morgan fingerprint density at radius 2 is 2.03 bits per heavy atom. The summed E-state index contributed by atoms with van der Waals surface area (Å²) in [4.78, 5) is 39.0. The average Bonchev–Trinajstić information content (AvgIpc) is 3.11. The van der Waals surface area contributed by atoms with E-state index in [0.717, 1.165) is 28.4 Å². The van der Waals surface area contributed by atoms with Crippen LogP contribution in [0.25, 0.3) is 0 Å². The van der Waals surface area contributed by atoms with Gasteiger partial charge in [-0.2, -0.15) is 11.8 Å². The molecule has 0 spiro atoms. The summed E-state index contributed by atoms with van der Waals surface area (Å²) < 4.78 is 5.07. The van der Waals surface area contributed by atoms with E-state index in [4.69, 9.17) is 10.5 Å². The fourth-order valence-corrected chi connectivity index (χ4v) is 5.62. The summed E-state index contributed by atoms with van der Waals surface area (Å²) in [6.07, 6.45) is 1.25. The maximum atomic E-state index is 12.4. The van der Waals surface area contributed by atoms with E-state index in [9.17, 15) is 14.4 Å². The van der Waals surface area contributed by atoms with Crippen molar-refractivity contribution >= 4 is 46.0 Å². The van der Waals surface area contributed by atoms with Crippen LogP contribution in [0.5, 0.6) is 0 Å². The van der Waals surface area contributed by atoms with Crippen molar-refractivity contribution in [3.63, 3.8) is 0 Å². The van der Waals surface area contributed by atoms with Crippen molar-refractivity contribution in [2.45, 2.75) is 38.5 Å². The Bertz CT molecular complexity index is 930. The Morgan fingerprint density at radius 1 is 1.26 bits per heavy atom. The summed E-state index contributed by atoms with van der Waals surface area (Å²) in [5.41, 5.74) is 8.07. The standard InChI is InChI=1S/C22H27N3O4S2/c1-2-29-22(28)25-11-10-16-17(13-25)31-21(19(16)20(23)27)24-18(26)9-6-12-30-14-15-7-4-3-5-8-15/h3-5,7-8H,2,6,9-14H2,1H3,(H2,23,27)(H,24,26). The van der Waals surface area contributed by atoms with Gasteiger partial charge in [0.2, 0.25) is 5.91 Å². The Kier molecular flexibility index (Phi) is 8.36. The minimum atomic E-state index is -0.559. The van der Waals surface area contributed by atoms with Crippen molar-refractivity contribution in [2.24, 2.45) is 5.73 Å². The molecule has 0 unspecified atom stereocenters. The zero-order chi connectivity index (χ0) is 22.2. The smallest absolute Gasteiger partial charge is 0.410 e. The maximum absolute atomic E-state index is 12.4. The highest BCUT2D eigenvalue weighted by Gasteiger charge is 2.29. The summed E-state index contributed by atoms with van der Waals surface area (Å²) in [6, 6.07) is 10.2. The number of carbonyl (C=O) groups is 3. The van der Waals surface area contributed by atoms with E-state index in [2.05, 4.69) is 17.4 Å². The van der Waals surface area contributed by atoms with Crippen LogP contribution in [-0.4, -0.2) is 41.7 Å². The Labute approximate surface area is 190 Å². The quantitative estimate of drug-likeness (QED) is 0.549. The van der Waals surface area contributed by atoms with Crippen molar-refractivity contribution in [3.8, 4) is 0 Å². The van der Waals surface area contributed by atoms with Crippen LogP contribution in [0.2, 0.25) is 0 Å². The van der Waals surface area contributed by atoms with Crippen LogP contribution in [0, 0.1) is 0 Å². The third kappa shape index (κ3) is 6.24. The Balaban J connectivity index is 1.54. The number of nitrogens with two attached hydrogens (primary N) is 1. The summed E-state index contributed by atoms with van der Waals surface area (Å²) >= 11 is 3.10. The zero-order valence-electron chi connectivity index (χ0n) is 17.5. The van der Waals surface area contributed by atoms with Crippen LogP contribution in [0.15, 0.2) is 30.3 Å². The molecule has 7 nitrogen and oxygen atoms in total. The van der Waals surface area contributed by atoms with Crippen molar-refractivity contribution in [1.29, 1.82) is 0 Å². The van der Waals surface area contributed by atoms with Crippen LogP contribution in [0.3, 0.4) is 0 Å². The van der Waals surface area contributed by atoms with Gasteiger partial charge in [0.25, 0.3) is 5.91 Å². The summed E-state index contributed by atoms with van der Waals surface area (Å²) in [5, 5.41) is 3.34. The average molecular weight is 462 g/mol. The van der Waals surface area contributed by atoms with E-state index < -0.39 is 5.91 Å². The molecule has 0 atom stereocenters. The second-order valence-electron chi connectivity index (χ2n) is 7.13. The highest BCUT2D eigenvalue weighted by Crippen LogP contribution is 2.37. The molecule has 0 saturated carbocycles. The SMILES string of the molecule is CCOC(=O)N1CCc2c(sc(NC(=O)CCCSCc3ccccc3)c2C(N)=O)C1. The maximum Gasteiger partial charge on any atom is 0.410 e. The Morgan fingerprint density at radius 3 is 2.74 bits per heavy atom. The number of thiophene rings is 1. The molecular formula is C22H27N3O4S2. The van der Waals surface area contributed by atoms with Crippen LogP contribution in [-0.2, 0) is 28.2 Å². The molecule has 9 heteroatoms. The van der Waals surface area contributed by atoms with Gasteiger partial charge in [0.1, 0.15) is 5.00 Å². The third-order valence-corrected chi connectivity index (χ3v) is 7.13. The largest absolute Gasteiger partial charge is 0.450 e. The van der Waals surface area contributed by atoms with Crippen molar-refractivity contribution in [1.82, 2.24) is 4.90 Å². The minimum Gasteiger partial charge on any atom is -0.450 e. The number of hydrogen-bond acceptors (Lipinski definition) is 6. The summed E-state index contributed by atoms with van der Waals surface area (Å²) in [6.45, 7) is 2.88. The lowest BCUT2D eigenvalue weighted by Crippen LogP contribution is -2.36. The minimum absolute atomic E-state index is 0.136. The van der Waals surface area contributed by atoms with Gasteiger partial charge in [-0.25, -0.2) is 4.79 Å². The van der Waals surface area contributed by atoms with E-state index in [-0.39, 0.29) is 12.0 Å². The second-order valence-corrected chi connectivity index (χ2v) is 9.34. The molecule has 1 aromatic carbocycles. The first kappa shape index (κ1) is 23.1. The lowest BCUT2D eigenvalue weighted by atomic mass is 10.0. The Hall–Kier alpha value is -2.52. The molecule has 31 heavy (non-hydrogen) atoms. The number of primary amides is 1. The van der Waals surface area contributed by atoms with Crippen molar-refractivity contribution in [2.75, 3.05) is 24.2 Å². The number of carbonyl (C=O) groups excluding carboxylic acids is 3. The zero-order valence-corrected chi connectivity index (χ0v) is 19.2. The van der Waals surface area contributed by atoms with E-state index in [0.29, 0.717) is 43.1 Å². The number of nitrogens with zero attached hydrogens (tertiary/aromatic N) is 1. The predicted molar refractivity (Wildman–Crippen MR) is 124 cm³/mol. The number of amides is 3. The number of thioether (sulfide) groups is 1. The number of rotatable bonds is 9. The fraction of sp³-hybridized carbons (Fsp3) is 0.409. The van der Waals surface area contributed by atoms with Crippen LogP contribution in [0.4, 0.5) is 9.80 Å². The highest BCUT2D eigenvalue weighted by atomic mass is 32.2. The first-order valence-corrected chi connectivity index (χ1v) is 12.2. The third-order valence-electron chi connectivity index (χ3n) is 4.89. The number of nitrogens with one attached hydrogen (secondary N) is 1. The molecule has 2 heterocycles. The molecule has 0 radical (unpaired) electrons. The lowest BCUT2D eigenvalue weighted by molar-refractivity contribution is -0.116. The fourth-order valence-electron chi connectivity index (χ4n) is 3.41. The molecule has 0 bridgehead atoms. The van der Waals surface area contributed by atoms with E-state index in [1.54, 1.807) is 23.6 Å². The number of hydrogen-bond donors (Lipinski definition) is 2. The van der Waals surface area contributed by atoms with Crippen molar-refractivity contribution in [3.05, 3.63) is 51.9 Å². The molecule has 2 aromatic rings. The monoisotopic (exact) mass is 461 g/mol. The molecule has 1 aromatic heterocycles. The molecule has 3 amide bonds. The molecule has 0 aliphatic carbocycles. The van der Waals surface area contributed by atoms with Crippen molar-refractivity contribution < 1.29 is 19.1 Å². The van der Waals surface area contributed by atoms with Gasteiger partial charge in [0.15, 0.2) is 0 Å². The first-order valence-electron chi connectivity index (χ1n) is 10.3. The molecule has 3 N–H and O–H groups in total. The van der Waals surface area contributed by atoms with Gasteiger partial charge in [0, 0.05) is 23.6 Å². The first-order chi connectivity index (χ1) is 15.0. The van der Waals surface area contributed by atoms with Gasteiger partial charge in [-0.05, 0) is 36.6 Å². The molecular weight excluding hydrogens is 434 g/mol. The predicted octanol–water partition coefficient (Wildman–Crippen LogP) is 4.01. The number of anilines is 1. The van der Waals surface area contributed by atoms with Gasteiger partial charge >= 0.3 is 6.09 Å². The molecule has 0 fully saturated rings. The lowest BCUT2D eigenvalue weighted by Gasteiger charge is -2.26. The molecule has 0 saturated heterocycles. The van der Waals surface area contributed by atoms with E-state index in [1.807, 2.05) is 18.2 Å². The van der Waals surface area contributed by atoms with Gasteiger partial charge in [-0.1, -0.05) is 30.3 Å². The number of benzene rings is 1.